The molecule has 0 radical (unpaired) electrons. The SMILES string of the molecule is CO[C@@H](C)c1ncc(N2CCN(C3CC3)CC2)cc1-c1c2c3cc(ccc3n1CC(F)(F)F)-c1csc(n1)C[C@H](NC(=O)[C@H](C(C)C)N1CC[C@]3(CCN(C(=O)[C@H]4[C@@H](C5CC5)N4C)C3)C1)C(=O)N1N[C@H](C(=O)OCC(C)(C)C2)C2CC1C2. The molecule has 1 unspecified atom stereocenters. The molecular weight excluding hydrogens is 1070 g/mol. The smallest absolute Gasteiger partial charge is 0.406 e. The number of likely N-dealkylation sites (N-methyl/N-ethyl adjacent to an activating group) is 1. The van der Waals surface area contributed by atoms with E-state index in [1.54, 1.807) is 24.3 Å². The van der Waals surface area contributed by atoms with Crippen molar-refractivity contribution in [2.24, 2.45) is 28.6 Å². The maximum Gasteiger partial charge on any atom is 0.406 e. The van der Waals surface area contributed by atoms with Gasteiger partial charge in [0.1, 0.15) is 24.7 Å². The number of hydrogen-bond acceptors (Lipinski definition) is 14. The van der Waals surface area contributed by atoms with Crippen LogP contribution in [0.4, 0.5) is 18.9 Å². The fourth-order valence-corrected chi connectivity index (χ4v) is 15.9. The molecular formula is C61H80F3N11O6S. The van der Waals surface area contributed by atoms with Crippen LogP contribution >= 0.6 is 11.3 Å². The summed E-state index contributed by atoms with van der Waals surface area (Å²) in [6.45, 7) is 14.6. The molecule has 3 saturated carbocycles. The van der Waals surface area contributed by atoms with E-state index in [0.29, 0.717) is 100 Å². The van der Waals surface area contributed by atoms with Gasteiger partial charge in [-0.15, -0.1) is 11.3 Å². The lowest BCUT2D eigenvalue weighted by molar-refractivity contribution is -0.171. The third-order valence-electron chi connectivity index (χ3n) is 20.0. The first-order valence-electron chi connectivity index (χ1n) is 30.1. The maximum absolute atomic E-state index is 15.2. The molecule has 1 aromatic carbocycles. The Morgan fingerprint density at radius 1 is 0.963 bits per heavy atom. The minimum absolute atomic E-state index is 0.0184. The number of fused-ring (bicyclic) bond motifs is 4. The molecule has 9 fully saturated rings. The number of benzene rings is 1. The Bertz CT molecular complexity index is 3140. The van der Waals surface area contributed by atoms with Crippen molar-refractivity contribution in [2.75, 3.05) is 78.0 Å². The van der Waals surface area contributed by atoms with Gasteiger partial charge in [-0.3, -0.25) is 43.9 Å². The van der Waals surface area contributed by atoms with Crippen molar-refractivity contribution < 1.29 is 41.8 Å². The highest BCUT2D eigenvalue weighted by atomic mass is 32.1. The van der Waals surface area contributed by atoms with E-state index in [1.807, 2.05) is 58.3 Å². The van der Waals surface area contributed by atoms with Crippen molar-refractivity contribution >= 4 is 51.6 Å². The standard InChI is InChI=1S/C61H80F3N11O6S/c1-34(2)51(72-16-14-60(30-72)15-17-73(31-60)57(78)54-52(69(54)6)36-8-9-36)55(76)67-45-26-48-66-46(29-82-48)37-10-13-47-42(24-37)44(27-59(4,5)33-81-58(79)50-38-22-40(23-38)75(68-50)56(45)77)53(74(47)32-61(62,63)64)43-25-41(28-65-49(43)35(3)80-7)71-20-18-70(19-21-71)39-11-12-39/h10,13,24-25,28-29,34-36,38-40,45,50-52,54,68H,8-9,11-12,14-23,26-27,30-33H2,1-7H3,(H,67,76)/t35-,38?,40?,45-,50-,51-,52+,54+,60-,69?/m0/s1. The summed E-state index contributed by atoms with van der Waals surface area (Å²) in [4.78, 5) is 79.9. The number of hydrogen-bond donors (Lipinski definition) is 2. The lowest BCUT2D eigenvalue weighted by atomic mass is 9.73. The van der Waals surface area contributed by atoms with Crippen molar-refractivity contribution in [1.29, 1.82) is 0 Å². The van der Waals surface area contributed by atoms with Crippen molar-refractivity contribution in [3.8, 4) is 22.5 Å². The summed E-state index contributed by atoms with van der Waals surface area (Å²) in [5.41, 5.74) is 6.95. The Labute approximate surface area is 482 Å². The molecule has 3 amide bonds. The number of hydrazine groups is 1. The van der Waals surface area contributed by atoms with Crippen molar-refractivity contribution in [3.63, 3.8) is 0 Å². The van der Waals surface area contributed by atoms with Crippen LogP contribution < -0.4 is 15.6 Å². The van der Waals surface area contributed by atoms with E-state index in [-0.39, 0.29) is 66.5 Å². The molecule has 82 heavy (non-hydrogen) atoms. The maximum atomic E-state index is 15.2. The number of rotatable bonds is 12. The number of esters is 1. The molecule has 4 aromatic rings. The van der Waals surface area contributed by atoms with Gasteiger partial charge in [0.15, 0.2) is 0 Å². The first kappa shape index (κ1) is 56.0. The van der Waals surface area contributed by atoms with Crippen molar-refractivity contribution in [2.45, 2.75) is 160 Å². The summed E-state index contributed by atoms with van der Waals surface area (Å²) in [5.74, 6) is -0.445. The summed E-state index contributed by atoms with van der Waals surface area (Å²) < 4.78 is 59.2. The van der Waals surface area contributed by atoms with Crippen LogP contribution in [0.3, 0.4) is 0 Å². The number of methoxy groups -OCH3 is 1. The van der Waals surface area contributed by atoms with Gasteiger partial charge in [-0.25, -0.2) is 10.4 Å². The summed E-state index contributed by atoms with van der Waals surface area (Å²) in [7, 11) is 3.64. The van der Waals surface area contributed by atoms with E-state index in [0.717, 1.165) is 51.3 Å². The van der Waals surface area contributed by atoms with E-state index < -0.39 is 48.3 Å². The number of thiazole rings is 1. The third-order valence-corrected chi connectivity index (χ3v) is 20.9. The van der Waals surface area contributed by atoms with E-state index in [1.165, 1.54) is 41.6 Å². The van der Waals surface area contributed by atoms with Gasteiger partial charge < -0.3 is 29.2 Å². The summed E-state index contributed by atoms with van der Waals surface area (Å²) in [5, 5.41) is 7.88. The van der Waals surface area contributed by atoms with E-state index in [4.69, 9.17) is 19.4 Å². The van der Waals surface area contributed by atoms with Gasteiger partial charge >= 0.3 is 12.1 Å². The summed E-state index contributed by atoms with van der Waals surface area (Å²) in [6.07, 6.45) is 4.71. The number of ether oxygens (including phenoxy) is 2. The highest BCUT2D eigenvalue weighted by Gasteiger charge is 2.59. The molecule has 21 heteroatoms. The Hall–Kier alpha value is -5.19. The molecule has 3 aromatic heterocycles. The molecule has 2 N–H and O–H groups in total. The second-order valence-corrected chi connectivity index (χ2v) is 27.9. The molecule has 8 bridgehead atoms. The van der Waals surface area contributed by atoms with Crippen LogP contribution in [0.25, 0.3) is 33.4 Å². The number of anilines is 1. The molecule has 8 atom stereocenters. The molecule has 17 nitrogen and oxygen atoms in total. The number of amides is 3. The Balaban J connectivity index is 0.840. The molecule has 1 spiro atoms. The van der Waals surface area contributed by atoms with Crippen LogP contribution in [-0.4, -0.2) is 184 Å². The number of nitrogens with one attached hydrogen (secondary N) is 2. The largest absolute Gasteiger partial charge is 0.464 e. The number of likely N-dealkylation sites (tertiary alicyclic amines) is 2. The summed E-state index contributed by atoms with van der Waals surface area (Å²) in [6, 6.07) is 5.81. The van der Waals surface area contributed by atoms with Crippen LogP contribution in [0.1, 0.15) is 108 Å². The first-order chi connectivity index (χ1) is 39.1. The Kier molecular flexibility index (Phi) is 14.4. The second kappa shape index (κ2) is 21.1. The number of aromatic nitrogens is 3. The van der Waals surface area contributed by atoms with Crippen LogP contribution in [0, 0.1) is 28.6 Å². The predicted molar refractivity (Wildman–Crippen MR) is 305 cm³/mol. The summed E-state index contributed by atoms with van der Waals surface area (Å²) >= 11 is 1.36. The lowest BCUT2D eigenvalue weighted by Crippen LogP contribution is -2.72. The normalized spacial score (nSPS) is 30.4. The fourth-order valence-electron chi connectivity index (χ4n) is 15.1. The quantitative estimate of drug-likeness (QED) is 0.110. The van der Waals surface area contributed by atoms with Crippen LogP contribution in [-0.2, 0) is 48.0 Å². The van der Waals surface area contributed by atoms with Gasteiger partial charge in [-0.05, 0) is 120 Å². The van der Waals surface area contributed by atoms with Gasteiger partial charge in [-0.1, -0.05) is 33.8 Å². The third kappa shape index (κ3) is 10.6. The average molecular weight is 1150 g/mol. The number of piperazine rings is 1. The molecule has 442 valence electrons. The van der Waals surface area contributed by atoms with Gasteiger partial charge in [0.2, 0.25) is 11.8 Å². The topological polar surface area (TPSA) is 161 Å². The minimum atomic E-state index is -4.60. The molecule has 14 rings (SSSR count). The Morgan fingerprint density at radius 2 is 1.72 bits per heavy atom. The van der Waals surface area contributed by atoms with E-state index in [9.17, 15) is 9.59 Å². The second-order valence-electron chi connectivity index (χ2n) is 26.9. The van der Waals surface area contributed by atoms with Crippen molar-refractivity contribution in [3.05, 3.63) is 52.1 Å². The minimum Gasteiger partial charge on any atom is -0.464 e. The monoisotopic (exact) mass is 1150 g/mol. The zero-order valence-electron chi connectivity index (χ0n) is 48.5. The zero-order chi connectivity index (χ0) is 57.3. The number of halogens is 3. The van der Waals surface area contributed by atoms with Gasteiger partial charge in [0.05, 0.1) is 52.7 Å². The molecule has 3 aliphatic carbocycles. The number of alkyl halides is 3. The van der Waals surface area contributed by atoms with Crippen LogP contribution in [0.15, 0.2) is 35.8 Å². The van der Waals surface area contributed by atoms with E-state index in [2.05, 4.69) is 42.3 Å². The average Bonchev–Trinajstić information content (AvgIpc) is 1.99. The molecule has 7 aliphatic heterocycles. The van der Waals surface area contributed by atoms with Gasteiger partial charge in [0, 0.05) is 116 Å². The first-order valence-corrected chi connectivity index (χ1v) is 31.0. The number of pyridine rings is 1. The number of nitrogens with zero attached hydrogens (tertiary/aromatic N) is 9. The number of carbonyl (C=O) groups excluding carboxylic acids is 4. The van der Waals surface area contributed by atoms with Crippen molar-refractivity contribution in [1.82, 2.24) is 49.9 Å². The predicted octanol–water partition coefficient (Wildman–Crippen LogP) is 7.07. The number of carbonyl (C=O) groups is 4. The van der Waals surface area contributed by atoms with Gasteiger partial charge in [-0.2, -0.15) is 13.2 Å². The Morgan fingerprint density at radius 3 is 2.43 bits per heavy atom. The highest BCUT2D eigenvalue weighted by molar-refractivity contribution is 7.10. The number of cyclic esters (lactones) is 1. The van der Waals surface area contributed by atoms with E-state index >= 15 is 22.8 Å². The van der Waals surface area contributed by atoms with Crippen LogP contribution in [0.2, 0.25) is 0 Å². The fraction of sp³-hybridized carbons (Fsp3) is 0.672. The zero-order valence-corrected chi connectivity index (χ0v) is 49.3. The molecule has 10 aliphatic rings. The van der Waals surface area contributed by atoms with Crippen LogP contribution in [0.5, 0.6) is 0 Å². The molecule has 6 saturated heterocycles. The highest BCUT2D eigenvalue weighted by Crippen LogP contribution is 2.49. The molecule has 10 heterocycles. The lowest BCUT2D eigenvalue weighted by Gasteiger charge is -2.53. The van der Waals surface area contributed by atoms with Gasteiger partial charge in [0.25, 0.3) is 5.91 Å².